The molecule has 5 heteroatoms. The van der Waals surface area contributed by atoms with Crippen LogP contribution in [0.25, 0.3) is 0 Å². The molecule has 0 spiro atoms. The van der Waals surface area contributed by atoms with Crippen LogP contribution >= 0.6 is 0 Å². The lowest BCUT2D eigenvalue weighted by Gasteiger charge is -2.25. The molecule has 0 unspecified atom stereocenters. The average Bonchev–Trinajstić information content (AvgIpc) is 2.61. The Labute approximate surface area is 149 Å². The van der Waals surface area contributed by atoms with E-state index in [1.165, 1.54) is 0 Å². The third kappa shape index (κ3) is 5.41. The van der Waals surface area contributed by atoms with Gasteiger partial charge in [-0.1, -0.05) is 41.6 Å². The largest absolute Gasteiger partial charge is 0.348 e. The van der Waals surface area contributed by atoms with Crippen molar-refractivity contribution in [3.63, 3.8) is 0 Å². The van der Waals surface area contributed by atoms with Crippen molar-refractivity contribution >= 4 is 11.6 Å². The van der Waals surface area contributed by atoms with Crippen molar-refractivity contribution < 1.29 is 4.79 Å². The van der Waals surface area contributed by atoms with E-state index < -0.39 is 0 Å². The third-order valence-electron chi connectivity index (χ3n) is 3.78. The number of hydrogen-bond donors (Lipinski definition) is 1. The van der Waals surface area contributed by atoms with Crippen molar-refractivity contribution in [1.29, 1.82) is 0 Å². The lowest BCUT2D eigenvalue weighted by Crippen LogP contribution is -2.31. The van der Waals surface area contributed by atoms with E-state index in [0.717, 1.165) is 11.3 Å². The number of hydrogen-bond acceptors (Lipinski definition) is 3. The van der Waals surface area contributed by atoms with Gasteiger partial charge < -0.3 is 5.32 Å². The summed E-state index contributed by atoms with van der Waals surface area (Å²) in [6.07, 6.45) is 0. The van der Waals surface area contributed by atoms with E-state index in [2.05, 4.69) is 43.3 Å². The molecule has 132 valence electrons. The van der Waals surface area contributed by atoms with Gasteiger partial charge >= 0.3 is 0 Å². The van der Waals surface area contributed by atoms with Crippen LogP contribution < -0.4 is 5.32 Å². The zero-order valence-electron chi connectivity index (χ0n) is 15.3. The molecule has 5 nitrogen and oxygen atoms in total. The minimum atomic E-state index is -0.0988. The molecule has 0 aliphatic carbocycles. The summed E-state index contributed by atoms with van der Waals surface area (Å²) in [5.74, 6) is -0.0988. The molecule has 0 radical (unpaired) electrons. The van der Waals surface area contributed by atoms with Gasteiger partial charge in [0.05, 0.1) is 5.69 Å². The van der Waals surface area contributed by atoms with Crippen LogP contribution in [-0.4, -0.2) is 23.0 Å². The summed E-state index contributed by atoms with van der Waals surface area (Å²) >= 11 is 0. The first-order chi connectivity index (χ1) is 12.0. The van der Waals surface area contributed by atoms with Crippen LogP contribution in [0.15, 0.2) is 64.9 Å². The van der Waals surface area contributed by atoms with Gasteiger partial charge in [0.25, 0.3) is 5.91 Å². The average molecular weight is 338 g/mol. The Morgan fingerprint density at radius 3 is 2.20 bits per heavy atom. The van der Waals surface area contributed by atoms with Crippen LogP contribution in [0.3, 0.4) is 0 Å². The molecule has 1 N–H and O–H groups in total. The minimum absolute atomic E-state index is 0.0988. The zero-order chi connectivity index (χ0) is 18.2. The highest BCUT2D eigenvalue weighted by atomic mass is 16.1. The Bertz CT molecular complexity index is 703. The topological polar surface area (TPSA) is 57.1 Å². The van der Waals surface area contributed by atoms with Crippen LogP contribution in [-0.2, 0) is 6.54 Å². The molecule has 1 amide bonds. The van der Waals surface area contributed by atoms with E-state index >= 15 is 0 Å². The molecule has 0 aliphatic rings. The second-order valence-corrected chi connectivity index (χ2v) is 6.43. The summed E-state index contributed by atoms with van der Waals surface area (Å²) in [4.78, 5) is 12.2. The van der Waals surface area contributed by atoms with Crippen molar-refractivity contribution in [3.05, 3.63) is 65.7 Å². The minimum Gasteiger partial charge on any atom is -0.348 e. The predicted molar refractivity (Wildman–Crippen MR) is 101 cm³/mol. The van der Waals surface area contributed by atoms with Gasteiger partial charge in [0.15, 0.2) is 0 Å². The number of benzene rings is 2. The van der Waals surface area contributed by atoms with E-state index in [4.69, 9.17) is 0 Å². The summed E-state index contributed by atoms with van der Waals surface area (Å²) in [5.41, 5.74) is 2.34. The lowest BCUT2D eigenvalue weighted by atomic mass is 10.1. The number of nitrogens with zero attached hydrogens (tertiary/aromatic N) is 3. The number of rotatable bonds is 7. The Morgan fingerprint density at radius 1 is 0.960 bits per heavy atom. The fraction of sp³-hybridized carbons (Fsp3) is 0.350. The molecule has 0 saturated heterocycles. The highest BCUT2D eigenvalue weighted by molar-refractivity contribution is 5.94. The maximum atomic E-state index is 12.2. The Hall–Kier alpha value is -2.69. The fourth-order valence-corrected chi connectivity index (χ4v) is 2.53. The maximum Gasteiger partial charge on any atom is 0.251 e. The zero-order valence-corrected chi connectivity index (χ0v) is 15.3. The van der Waals surface area contributed by atoms with E-state index in [9.17, 15) is 4.79 Å². The summed E-state index contributed by atoms with van der Waals surface area (Å²) in [5, 5.41) is 13.7. The van der Waals surface area contributed by atoms with E-state index in [1.807, 2.05) is 47.5 Å². The van der Waals surface area contributed by atoms with Gasteiger partial charge in [0, 0.05) is 24.2 Å². The van der Waals surface area contributed by atoms with Crippen molar-refractivity contribution in [2.45, 2.75) is 46.3 Å². The maximum absolute atomic E-state index is 12.2. The number of amides is 1. The van der Waals surface area contributed by atoms with E-state index in [1.54, 1.807) is 12.1 Å². The molecule has 0 heterocycles. The Morgan fingerprint density at radius 2 is 1.56 bits per heavy atom. The van der Waals surface area contributed by atoms with Gasteiger partial charge in [0.2, 0.25) is 0 Å². The van der Waals surface area contributed by atoms with E-state index in [0.29, 0.717) is 12.1 Å². The normalized spacial score (nSPS) is 11.3. The van der Waals surface area contributed by atoms with Gasteiger partial charge in [-0.15, -0.1) is 5.11 Å². The van der Waals surface area contributed by atoms with Crippen molar-refractivity contribution in [1.82, 2.24) is 10.3 Å². The standard InChI is InChI=1S/C20H26N4O/c1-15(2)24(16(3)4)23-22-19-13-9-8-12-18(19)14-21-20(25)17-10-6-5-7-11-17/h5-13,15-16H,14H2,1-4H3,(H,21,25). The van der Waals surface area contributed by atoms with Crippen LogP contribution in [0.1, 0.15) is 43.6 Å². The lowest BCUT2D eigenvalue weighted by molar-refractivity contribution is 0.0951. The molecular formula is C20H26N4O. The smallest absolute Gasteiger partial charge is 0.251 e. The third-order valence-corrected chi connectivity index (χ3v) is 3.78. The molecule has 25 heavy (non-hydrogen) atoms. The molecule has 0 aliphatic heterocycles. The first kappa shape index (κ1) is 18.6. The Kier molecular flexibility index (Phi) is 6.69. The quantitative estimate of drug-likeness (QED) is 0.586. The van der Waals surface area contributed by atoms with E-state index in [-0.39, 0.29) is 18.0 Å². The molecule has 0 atom stereocenters. The van der Waals surface area contributed by atoms with Crippen LogP contribution in [0.4, 0.5) is 5.69 Å². The number of carbonyl (C=O) groups excluding carboxylic acids is 1. The van der Waals surface area contributed by atoms with Crippen molar-refractivity contribution in [3.8, 4) is 0 Å². The second kappa shape index (κ2) is 8.97. The summed E-state index contributed by atoms with van der Waals surface area (Å²) in [6, 6.07) is 17.4. The molecule has 2 aromatic carbocycles. The summed E-state index contributed by atoms with van der Waals surface area (Å²) in [7, 11) is 0. The van der Waals surface area contributed by atoms with Gasteiger partial charge in [-0.2, -0.15) is 0 Å². The second-order valence-electron chi connectivity index (χ2n) is 6.43. The first-order valence-corrected chi connectivity index (χ1v) is 8.60. The molecule has 0 saturated carbocycles. The molecular weight excluding hydrogens is 312 g/mol. The van der Waals surface area contributed by atoms with Crippen LogP contribution in [0, 0.1) is 0 Å². The summed E-state index contributed by atoms with van der Waals surface area (Å²) < 4.78 is 0. The van der Waals surface area contributed by atoms with Gasteiger partial charge in [-0.3, -0.25) is 9.80 Å². The van der Waals surface area contributed by atoms with Crippen molar-refractivity contribution in [2.75, 3.05) is 0 Å². The monoisotopic (exact) mass is 338 g/mol. The molecule has 0 aromatic heterocycles. The molecule has 0 bridgehead atoms. The number of carbonyl (C=O) groups is 1. The van der Waals surface area contributed by atoms with Crippen LogP contribution in [0.5, 0.6) is 0 Å². The van der Waals surface area contributed by atoms with Gasteiger partial charge in [-0.05, 0) is 51.5 Å². The highest BCUT2D eigenvalue weighted by Crippen LogP contribution is 2.20. The van der Waals surface area contributed by atoms with Crippen molar-refractivity contribution in [2.24, 2.45) is 10.3 Å². The SMILES string of the molecule is CC(C)N(N=Nc1ccccc1CNC(=O)c1ccccc1)C(C)C. The number of nitrogens with one attached hydrogen (secondary N) is 1. The van der Waals surface area contributed by atoms with Gasteiger partial charge in [-0.25, -0.2) is 0 Å². The van der Waals surface area contributed by atoms with Gasteiger partial charge in [0.1, 0.15) is 0 Å². The molecule has 0 fully saturated rings. The van der Waals surface area contributed by atoms with Crippen LogP contribution in [0.2, 0.25) is 0 Å². The first-order valence-electron chi connectivity index (χ1n) is 8.60. The highest BCUT2D eigenvalue weighted by Gasteiger charge is 2.11. The molecule has 2 aromatic rings. The molecule has 2 rings (SSSR count). The fourth-order valence-electron chi connectivity index (χ4n) is 2.53. The Balaban J connectivity index is 2.09. The predicted octanol–water partition coefficient (Wildman–Crippen LogP) is 4.73. The summed E-state index contributed by atoms with van der Waals surface area (Å²) in [6.45, 7) is 8.76.